The predicted octanol–water partition coefficient (Wildman–Crippen LogP) is 3.13. The van der Waals surface area contributed by atoms with Gasteiger partial charge in [-0.3, -0.25) is 0 Å². The van der Waals surface area contributed by atoms with E-state index in [-0.39, 0.29) is 16.2 Å². The van der Waals surface area contributed by atoms with Crippen LogP contribution in [-0.2, 0) is 24.5 Å². The maximum atomic E-state index is 11.5. The van der Waals surface area contributed by atoms with E-state index in [1.807, 2.05) is 0 Å². The Hall–Kier alpha value is -1.08. The fraction of sp³-hybridized carbons (Fsp3) is 0.0769. The zero-order valence-corrected chi connectivity index (χ0v) is 13.7. The van der Waals surface area contributed by atoms with Gasteiger partial charge in [-0.15, -0.1) is 0 Å². The number of hydrogen-bond donors (Lipinski definition) is 0. The van der Waals surface area contributed by atoms with Crippen LogP contribution in [0.5, 0.6) is 0 Å². The average Bonchev–Trinajstić information content (AvgIpc) is 2.37. The van der Waals surface area contributed by atoms with E-state index in [4.69, 9.17) is 21.4 Å². The van der Waals surface area contributed by atoms with Gasteiger partial charge in [0.2, 0.25) is 0 Å². The minimum atomic E-state index is -3.91. The predicted molar refractivity (Wildman–Crippen MR) is 81.8 cm³/mol. The van der Waals surface area contributed by atoms with Crippen molar-refractivity contribution >= 4 is 39.5 Å². The first-order valence-corrected chi connectivity index (χ1v) is 10.4. The summed E-state index contributed by atoms with van der Waals surface area (Å²) in [5.41, 5.74) is 0.806. The van der Waals surface area contributed by atoms with Crippen molar-refractivity contribution in [2.45, 2.75) is 16.2 Å². The van der Waals surface area contributed by atoms with Crippen molar-refractivity contribution in [1.29, 1.82) is 0 Å². The Morgan fingerprint density at radius 3 is 1.33 bits per heavy atom. The van der Waals surface area contributed by atoms with Gasteiger partial charge in [-0.1, -0.05) is 36.4 Å². The molecule has 0 N–H and O–H groups in total. The molecular formula is C13H10Cl2O4S2. The molecule has 0 aliphatic rings. The lowest BCUT2D eigenvalue weighted by Crippen LogP contribution is -2.02. The summed E-state index contributed by atoms with van der Waals surface area (Å²) >= 11 is 0. The van der Waals surface area contributed by atoms with Crippen molar-refractivity contribution in [1.82, 2.24) is 0 Å². The molecule has 0 amide bonds. The fourth-order valence-corrected chi connectivity index (χ4v) is 4.27. The zero-order valence-electron chi connectivity index (χ0n) is 10.5. The number of benzene rings is 2. The molecule has 2 aromatic carbocycles. The topological polar surface area (TPSA) is 68.3 Å². The van der Waals surface area contributed by atoms with Gasteiger partial charge in [-0.05, 0) is 23.3 Å². The maximum Gasteiger partial charge on any atom is 0.261 e. The van der Waals surface area contributed by atoms with Gasteiger partial charge in [0.1, 0.15) is 0 Å². The smallest absolute Gasteiger partial charge is 0.207 e. The first-order chi connectivity index (χ1) is 9.69. The van der Waals surface area contributed by atoms with Crippen LogP contribution in [0.3, 0.4) is 0 Å². The molecule has 0 radical (unpaired) electrons. The van der Waals surface area contributed by atoms with Gasteiger partial charge < -0.3 is 0 Å². The highest BCUT2D eigenvalue weighted by atomic mass is 35.7. The summed E-state index contributed by atoms with van der Waals surface area (Å²) in [6.45, 7) is 0. The summed E-state index contributed by atoms with van der Waals surface area (Å²) in [5.74, 6) is 0. The van der Waals surface area contributed by atoms with Crippen LogP contribution < -0.4 is 0 Å². The van der Waals surface area contributed by atoms with Crippen LogP contribution in [0, 0.1) is 0 Å². The number of halogens is 2. The molecule has 0 bridgehead atoms. The molecule has 0 aliphatic carbocycles. The zero-order chi connectivity index (χ0) is 15.7. The average molecular weight is 365 g/mol. The highest BCUT2D eigenvalue weighted by Gasteiger charge is 2.19. The Labute approximate surface area is 132 Å². The lowest BCUT2D eigenvalue weighted by atomic mass is 10.1. The van der Waals surface area contributed by atoms with Crippen LogP contribution in [0.1, 0.15) is 11.1 Å². The molecule has 0 aromatic heterocycles. The second-order valence-corrected chi connectivity index (χ2v) is 9.34. The van der Waals surface area contributed by atoms with E-state index in [0.29, 0.717) is 11.1 Å². The van der Waals surface area contributed by atoms with Gasteiger partial charge >= 0.3 is 0 Å². The van der Waals surface area contributed by atoms with Gasteiger partial charge in [0.25, 0.3) is 18.1 Å². The quantitative estimate of drug-likeness (QED) is 0.781. The summed E-state index contributed by atoms with van der Waals surface area (Å²) < 4.78 is 46.2. The van der Waals surface area contributed by atoms with Crippen molar-refractivity contribution in [2.24, 2.45) is 0 Å². The highest BCUT2D eigenvalue weighted by Crippen LogP contribution is 2.26. The Morgan fingerprint density at radius 2 is 1.00 bits per heavy atom. The molecule has 0 saturated carbocycles. The summed E-state index contributed by atoms with van der Waals surface area (Å²) in [5, 5.41) is 0. The van der Waals surface area contributed by atoms with Crippen molar-refractivity contribution < 1.29 is 16.8 Å². The Balaban J connectivity index is 2.56. The molecule has 0 spiro atoms. The molecule has 0 saturated heterocycles. The molecule has 21 heavy (non-hydrogen) atoms. The molecule has 0 atom stereocenters. The monoisotopic (exact) mass is 364 g/mol. The first kappa shape index (κ1) is 16.3. The Kier molecular flexibility index (Phi) is 4.63. The molecule has 112 valence electrons. The van der Waals surface area contributed by atoms with E-state index in [0.717, 1.165) is 0 Å². The van der Waals surface area contributed by atoms with Gasteiger partial charge in [0.15, 0.2) is 0 Å². The largest absolute Gasteiger partial charge is 0.261 e. The van der Waals surface area contributed by atoms with Crippen molar-refractivity contribution in [2.75, 3.05) is 0 Å². The fourth-order valence-electron chi connectivity index (χ4n) is 1.98. The van der Waals surface area contributed by atoms with E-state index < -0.39 is 18.1 Å². The van der Waals surface area contributed by atoms with Gasteiger partial charge in [-0.2, -0.15) is 0 Å². The SMILES string of the molecule is O=S(=O)(Cl)c1ccccc1Cc1ccccc1S(=O)(=O)Cl. The third-order valence-corrected chi connectivity index (χ3v) is 5.70. The van der Waals surface area contributed by atoms with Crippen molar-refractivity contribution in [3.63, 3.8) is 0 Å². The summed E-state index contributed by atoms with van der Waals surface area (Å²) in [6, 6.07) is 12.3. The Bertz CT molecular complexity index is 801. The van der Waals surface area contributed by atoms with Gasteiger partial charge in [0.05, 0.1) is 9.79 Å². The summed E-state index contributed by atoms with van der Waals surface area (Å²) in [6.07, 6.45) is 0.0875. The standard InChI is InChI=1S/C13H10Cl2O4S2/c14-20(16,17)12-7-3-1-5-10(12)9-11-6-2-4-8-13(11)21(15,18)19/h1-8H,9H2. The second kappa shape index (κ2) is 5.96. The maximum absolute atomic E-state index is 11.5. The van der Waals surface area contributed by atoms with E-state index in [2.05, 4.69) is 0 Å². The lowest BCUT2D eigenvalue weighted by molar-refractivity contribution is 0.608. The van der Waals surface area contributed by atoms with Crippen LogP contribution in [0.2, 0.25) is 0 Å². The molecular weight excluding hydrogens is 355 g/mol. The van der Waals surface area contributed by atoms with Gasteiger partial charge in [-0.25, -0.2) is 16.8 Å². The van der Waals surface area contributed by atoms with Crippen LogP contribution in [0.15, 0.2) is 58.3 Å². The third kappa shape index (κ3) is 3.97. The Morgan fingerprint density at radius 1 is 0.667 bits per heavy atom. The summed E-state index contributed by atoms with van der Waals surface area (Å²) in [7, 11) is 2.95. The van der Waals surface area contributed by atoms with Crippen LogP contribution in [-0.4, -0.2) is 16.8 Å². The molecule has 2 rings (SSSR count). The molecule has 0 unspecified atom stereocenters. The molecule has 8 heteroatoms. The molecule has 0 heterocycles. The van der Waals surface area contributed by atoms with Crippen LogP contribution in [0.25, 0.3) is 0 Å². The summed E-state index contributed by atoms with van der Waals surface area (Å²) in [4.78, 5) is -0.0955. The normalized spacial score (nSPS) is 12.3. The van der Waals surface area contributed by atoms with Crippen LogP contribution >= 0.6 is 21.4 Å². The first-order valence-electron chi connectivity index (χ1n) is 5.75. The second-order valence-electron chi connectivity index (χ2n) is 4.27. The molecule has 0 fully saturated rings. The van der Waals surface area contributed by atoms with E-state index in [9.17, 15) is 16.8 Å². The van der Waals surface area contributed by atoms with E-state index in [1.54, 1.807) is 36.4 Å². The number of rotatable bonds is 4. The highest BCUT2D eigenvalue weighted by molar-refractivity contribution is 8.14. The molecule has 2 aromatic rings. The molecule has 0 aliphatic heterocycles. The molecule has 4 nitrogen and oxygen atoms in total. The minimum absolute atomic E-state index is 0.0477. The van der Waals surface area contributed by atoms with E-state index in [1.165, 1.54) is 12.1 Å². The minimum Gasteiger partial charge on any atom is -0.207 e. The van der Waals surface area contributed by atoms with Crippen molar-refractivity contribution in [3.05, 3.63) is 59.7 Å². The van der Waals surface area contributed by atoms with Gasteiger partial charge in [0, 0.05) is 27.8 Å². The lowest BCUT2D eigenvalue weighted by Gasteiger charge is -2.09. The van der Waals surface area contributed by atoms with Crippen LogP contribution in [0.4, 0.5) is 0 Å². The number of hydrogen-bond acceptors (Lipinski definition) is 4. The van der Waals surface area contributed by atoms with Crippen molar-refractivity contribution in [3.8, 4) is 0 Å². The van der Waals surface area contributed by atoms with E-state index >= 15 is 0 Å². The third-order valence-electron chi connectivity index (χ3n) is 2.85.